The Hall–Kier alpha value is -0.0800. The Morgan fingerprint density at radius 1 is 1.27 bits per heavy atom. The minimum atomic E-state index is -0.290. The van der Waals surface area contributed by atoms with Crippen LogP contribution < -0.4 is 0 Å². The lowest BCUT2D eigenvalue weighted by Crippen LogP contribution is -2.56. The first-order valence-corrected chi connectivity index (χ1v) is 4.36. The van der Waals surface area contributed by atoms with Gasteiger partial charge in [-0.25, -0.2) is 0 Å². The highest BCUT2D eigenvalue weighted by molar-refractivity contribution is 4.88. The Labute approximate surface area is 68.9 Å². The summed E-state index contributed by atoms with van der Waals surface area (Å²) in [4.78, 5) is 0. The van der Waals surface area contributed by atoms with Crippen molar-refractivity contribution in [2.24, 2.45) is 5.41 Å². The lowest BCUT2D eigenvalue weighted by atomic mass is 9.78. The molecule has 1 aliphatic rings. The summed E-state index contributed by atoms with van der Waals surface area (Å²) in [6.45, 7) is 9.13. The number of hydrogen-bond donors (Lipinski definition) is 0. The molecule has 0 saturated carbocycles. The van der Waals surface area contributed by atoms with Crippen LogP contribution in [0.4, 0.5) is 0 Å². The monoisotopic (exact) mass is 158 g/mol. The van der Waals surface area contributed by atoms with Gasteiger partial charge in [-0.1, -0.05) is 27.7 Å². The summed E-state index contributed by atoms with van der Waals surface area (Å²) in [6.07, 6.45) is 2.02. The first-order chi connectivity index (χ1) is 5.08. The zero-order valence-corrected chi connectivity index (χ0v) is 7.94. The Kier molecular flexibility index (Phi) is 2.26. The van der Waals surface area contributed by atoms with E-state index in [2.05, 4.69) is 27.7 Å². The third-order valence-electron chi connectivity index (χ3n) is 2.96. The van der Waals surface area contributed by atoms with Gasteiger partial charge < -0.3 is 9.47 Å². The molecule has 1 aliphatic heterocycles. The lowest BCUT2D eigenvalue weighted by molar-refractivity contribution is -0.437. The molecule has 11 heavy (non-hydrogen) atoms. The molecule has 0 bridgehead atoms. The van der Waals surface area contributed by atoms with Crippen LogP contribution in [0.1, 0.15) is 40.5 Å². The first kappa shape index (κ1) is 9.01. The highest BCUT2D eigenvalue weighted by atomic mass is 16.9. The predicted molar refractivity (Wildman–Crippen MR) is 44.1 cm³/mol. The molecule has 66 valence electrons. The molecular formula is C9H18O2. The topological polar surface area (TPSA) is 18.5 Å². The van der Waals surface area contributed by atoms with Crippen molar-refractivity contribution in [3.05, 3.63) is 0 Å². The van der Waals surface area contributed by atoms with Crippen molar-refractivity contribution in [3.63, 3.8) is 0 Å². The SMILES string of the molecule is CCC(C)(C)C1(CC)OCO1. The molecule has 1 heterocycles. The molecule has 1 saturated heterocycles. The second-order valence-electron chi connectivity index (χ2n) is 3.75. The van der Waals surface area contributed by atoms with E-state index in [-0.39, 0.29) is 11.2 Å². The summed E-state index contributed by atoms with van der Waals surface area (Å²) in [5.74, 6) is -0.290. The maximum Gasteiger partial charge on any atom is 0.178 e. The van der Waals surface area contributed by atoms with Gasteiger partial charge in [0, 0.05) is 5.41 Å². The maximum atomic E-state index is 5.50. The second kappa shape index (κ2) is 2.76. The van der Waals surface area contributed by atoms with Crippen molar-refractivity contribution in [1.29, 1.82) is 0 Å². The summed E-state index contributed by atoms with van der Waals surface area (Å²) < 4.78 is 11.0. The van der Waals surface area contributed by atoms with Crippen molar-refractivity contribution >= 4 is 0 Å². The van der Waals surface area contributed by atoms with Gasteiger partial charge in [-0.05, 0) is 12.8 Å². The maximum absolute atomic E-state index is 5.50. The molecule has 0 radical (unpaired) electrons. The van der Waals surface area contributed by atoms with E-state index in [1.165, 1.54) is 0 Å². The fourth-order valence-corrected chi connectivity index (χ4v) is 1.54. The van der Waals surface area contributed by atoms with Crippen molar-refractivity contribution in [2.45, 2.75) is 46.3 Å². The standard InChI is InChI=1S/C9H18O2/c1-5-8(3,4)9(6-2)10-7-11-9/h5-7H2,1-4H3. The molecule has 0 aromatic rings. The fraction of sp³-hybridized carbons (Fsp3) is 1.00. The number of ether oxygens (including phenoxy) is 2. The van der Waals surface area contributed by atoms with E-state index in [1.807, 2.05) is 0 Å². The smallest absolute Gasteiger partial charge is 0.178 e. The summed E-state index contributed by atoms with van der Waals surface area (Å²) in [5.41, 5.74) is 0.139. The zero-order valence-electron chi connectivity index (χ0n) is 7.94. The number of rotatable bonds is 3. The van der Waals surface area contributed by atoms with Crippen LogP contribution >= 0.6 is 0 Å². The molecule has 1 rings (SSSR count). The number of hydrogen-bond acceptors (Lipinski definition) is 2. The molecule has 0 aromatic heterocycles. The van der Waals surface area contributed by atoms with Gasteiger partial charge in [-0.2, -0.15) is 0 Å². The lowest BCUT2D eigenvalue weighted by Gasteiger charge is -2.51. The minimum absolute atomic E-state index is 0.139. The Balaban J connectivity index is 2.68. The summed E-state index contributed by atoms with van der Waals surface area (Å²) >= 11 is 0. The van der Waals surface area contributed by atoms with Gasteiger partial charge in [0.15, 0.2) is 12.6 Å². The van der Waals surface area contributed by atoms with Crippen LogP contribution in [0, 0.1) is 5.41 Å². The molecule has 0 amide bonds. The van der Waals surface area contributed by atoms with Crippen molar-refractivity contribution < 1.29 is 9.47 Å². The quantitative estimate of drug-likeness (QED) is 0.628. The van der Waals surface area contributed by atoms with Crippen LogP contribution in [0.25, 0.3) is 0 Å². The Bertz CT molecular complexity index is 131. The van der Waals surface area contributed by atoms with Crippen molar-refractivity contribution in [2.75, 3.05) is 6.79 Å². The summed E-state index contributed by atoms with van der Waals surface area (Å²) in [7, 11) is 0. The average Bonchev–Trinajstić information content (AvgIpc) is 1.86. The molecule has 0 aromatic carbocycles. The third kappa shape index (κ3) is 1.18. The van der Waals surface area contributed by atoms with Gasteiger partial charge in [0.05, 0.1) is 0 Å². The summed E-state index contributed by atoms with van der Waals surface area (Å²) in [5, 5.41) is 0. The Morgan fingerprint density at radius 3 is 1.91 bits per heavy atom. The molecule has 0 N–H and O–H groups in total. The highest BCUT2D eigenvalue weighted by Gasteiger charge is 2.50. The molecule has 1 fully saturated rings. The molecule has 0 aliphatic carbocycles. The van der Waals surface area contributed by atoms with E-state index in [1.54, 1.807) is 0 Å². The van der Waals surface area contributed by atoms with Crippen LogP contribution in [0.15, 0.2) is 0 Å². The van der Waals surface area contributed by atoms with Crippen LogP contribution in [-0.2, 0) is 9.47 Å². The third-order valence-corrected chi connectivity index (χ3v) is 2.96. The van der Waals surface area contributed by atoms with E-state index < -0.39 is 0 Å². The van der Waals surface area contributed by atoms with Gasteiger partial charge in [-0.15, -0.1) is 0 Å². The van der Waals surface area contributed by atoms with Crippen LogP contribution in [0.5, 0.6) is 0 Å². The van der Waals surface area contributed by atoms with Crippen LogP contribution in [0.2, 0.25) is 0 Å². The average molecular weight is 158 g/mol. The highest BCUT2D eigenvalue weighted by Crippen LogP contribution is 2.45. The molecular weight excluding hydrogens is 140 g/mol. The minimum Gasteiger partial charge on any atom is -0.323 e. The zero-order chi connectivity index (χ0) is 8.54. The second-order valence-corrected chi connectivity index (χ2v) is 3.75. The van der Waals surface area contributed by atoms with E-state index in [9.17, 15) is 0 Å². The van der Waals surface area contributed by atoms with Gasteiger partial charge >= 0.3 is 0 Å². The van der Waals surface area contributed by atoms with Gasteiger partial charge in [-0.3, -0.25) is 0 Å². The summed E-state index contributed by atoms with van der Waals surface area (Å²) in [6, 6.07) is 0. The van der Waals surface area contributed by atoms with E-state index in [0.717, 1.165) is 12.8 Å². The molecule has 2 nitrogen and oxygen atoms in total. The molecule has 0 unspecified atom stereocenters. The molecule has 0 atom stereocenters. The van der Waals surface area contributed by atoms with E-state index in [0.29, 0.717) is 6.79 Å². The van der Waals surface area contributed by atoms with Crippen molar-refractivity contribution in [1.82, 2.24) is 0 Å². The van der Waals surface area contributed by atoms with Gasteiger partial charge in [0.25, 0.3) is 0 Å². The normalized spacial score (nSPS) is 22.9. The Morgan fingerprint density at radius 2 is 1.82 bits per heavy atom. The predicted octanol–water partition coefficient (Wildman–Crippen LogP) is 2.53. The van der Waals surface area contributed by atoms with Crippen LogP contribution in [0.3, 0.4) is 0 Å². The van der Waals surface area contributed by atoms with E-state index >= 15 is 0 Å². The first-order valence-electron chi connectivity index (χ1n) is 4.36. The fourth-order valence-electron chi connectivity index (χ4n) is 1.54. The van der Waals surface area contributed by atoms with E-state index in [4.69, 9.17) is 9.47 Å². The van der Waals surface area contributed by atoms with Gasteiger partial charge in [0.1, 0.15) is 0 Å². The largest absolute Gasteiger partial charge is 0.323 e. The molecule has 0 spiro atoms. The van der Waals surface area contributed by atoms with Gasteiger partial charge in [0.2, 0.25) is 0 Å². The van der Waals surface area contributed by atoms with Crippen LogP contribution in [-0.4, -0.2) is 12.6 Å². The molecule has 2 heteroatoms. The van der Waals surface area contributed by atoms with Crippen molar-refractivity contribution in [3.8, 4) is 0 Å².